The molecule has 2 aromatic carbocycles. The zero-order chi connectivity index (χ0) is 18.1. The van der Waals surface area contributed by atoms with Crippen molar-refractivity contribution in [3.8, 4) is 0 Å². The van der Waals surface area contributed by atoms with Crippen LogP contribution in [0.15, 0.2) is 52.7 Å². The summed E-state index contributed by atoms with van der Waals surface area (Å²) in [6, 6.07) is 14.3. The molecule has 0 aliphatic heterocycles. The summed E-state index contributed by atoms with van der Waals surface area (Å²) in [6.45, 7) is 13.4. The molecule has 5 heteroatoms. The minimum Gasteiger partial charge on any atom is -1.00 e. The Hall–Kier alpha value is -0.279. The van der Waals surface area contributed by atoms with Crippen molar-refractivity contribution in [2.75, 3.05) is 0 Å². The summed E-state index contributed by atoms with van der Waals surface area (Å²) in [5, 5.41) is 4.79. The van der Waals surface area contributed by atoms with E-state index in [0.29, 0.717) is 0 Å². The van der Waals surface area contributed by atoms with Crippen molar-refractivity contribution in [2.24, 2.45) is 0 Å². The van der Waals surface area contributed by atoms with Gasteiger partial charge in [0.1, 0.15) is 0 Å². The fourth-order valence-electron chi connectivity index (χ4n) is 4.31. The van der Waals surface area contributed by atoms with Gasteiger partial charge in [0.2, 0.25) is 0 Å². The Morgan fingerprint density at radius 2 is 1.10 bits per heavy atom. The maximum atomic E-state index is 3.66. The second kappa shape index (κ2) is 13.2. The van der Waals surface area contributed by atoms with Crippen LogP contribution in [0.25, 0.3) is 0 Å². The molecule has 0 aromatic heterocycles. The molecule has 0 saturated heterocycles. The molecule has 0 atom stereocenters. The number of benzene rings is 2. The van der Waals surface area contributed by atoms with Crippen LogP contribution in [0.1, 0.15) is 48.9 Å². The SMILES string of the molecule is CCC1=C([SiH](c2cc(C)cc(C)c2)c2cc(C)cc(C)c2)CC(C)=[C-]1.[Cl-].[Cl-].[Cl-].[Ti+4]. The number of rotatable bonds is 4. The molecular formula is C24H29Cl3SiTi. The molecular weight excluding hydrogens is 471 g/mol. The summed E-state index contributed by atoms with van der Waals surface area (Å²) in [5.41, 5.74) is 8.37. The summed E-state index contributed by atoms with van der Waals surface area (Å²) in [6.07, 6.45) is 5.86. The molecule has 0 spiro atoms. The first-order chi connectivity index (χ1) is 11.9. The molecule has 0 radical (unpaired) electrons. The van der Waals surface area contributed by atoms with Gasteiger partial charge in [-0.2, -0.15) is 5.57 Å². The first-order valence-electron chi connectivity index (χ1n) is 9.35. The molecule has 0 fully saturated rings. The number of hydrogen-bond donors (Lipinski definition) is 0. The predicted molar refractivity (Wildman–Crippen MR) is 113 cm³/mol. The van der Waals surface area contributed by atoms with E-state index in [2.05, 4.69) is 84.0 Å². The van der Waals surface area contributed by atoms with Crippen molar-refractivity contribution < 1.29 is 58.9 Å². The standard InChI is InChI=1S/C24H29Si.3ClH.Ti/c1-7-21-10-20(6)15-24(21)25(22-11-16(2)8-17(3)12-22)23-13-18(4)9-19(5)14-23;;;;/h8-9,11-14,25H,7,15H2,1-6H3;3*1H;/q-1;;;;+4/p-3. The van der Waals surface area contributed by atoms with Crippen LogP contribution in [0.4, 0.5) is 0 Å². The summed E-state index contributed by atoms with van der Waals surface area (Å²) in [4.78, 5) is 0. The molecule has 1 aliphatic rings. The molecule has 0 bridgehead atoms. The van der Waals surface area contributed by atoms with Crippen molar-refractivity contribution in [1.29, 1.82) is 0 Å². The largest absolute Gasteiger partial charge is 4.00 e. The van der Waals surface area contributed by atoms with Crippen LogP contribution in [-0.2, 0) is 21.7 Å². The van der Waals surface area contributed by atoms with Gasteiger partial charge in [-0.1, -0.05) is 95.7 Å². The first kappa shape index (κ1) is 30.9. The molecule has 0 heterocycles. The first-order valence-corrected chi connectivity index (χ1v) is 11.1. The van der Waals surface area contributed by atoms with Crippen molar-refractivity contribution >= 4 is 19.2 Å². The molecule has 0 nitrogen and oxygen atoms in total. The fourth-order valence-corrected chi connectivity index (χ4v) is 8.36. The molecule has 3 rings (SSSR count). The van der Waals surface area contributed by atoms with Crippen LogP contribution in [0.5, 0.6) is 0 Å². The van der Waals surface area contributed by atoms with Crippen molar-refractivity contribution in [3.63, 3.8) is 0 Å². The summed E-state index contributed by atoms with van der Waals surface area (Å²) >= 11 is 0. The van der Waals surface area contributed by atoms with Crippen LogP contribution >= 0.6 is 0 Å². The second-order valence-electron chi connectivity index (χ2n) is 7.71. The van der Waals surface area contributed by atoms with E-state index >= 15 is 0 Å². The van der Waals surface area contributed by atoms with E-state index in [-0.39, 0.29) is 58.9 Å². The second-order valence-corrected chi connectivity index (χ2v) is 10.6. The molecule has 29 heavy (non-hydrogen) atoms. The van der Waals surface area contributed by atoms with Gasteiger partial charge in [-0.3, -0.25) is 0 Å². The summed E-state index contributed by atoms with van der Waals surface area (Å²) < 4.78 is 0. The van der Waals surface area contributed by atoms with Crippen LogP contribution in [-0.4, -0.2) is 8.80 Å². The Kier molecular flexibility index (Phi) is 14.1. The molecule has 0 saturated carbocycles. The van der Waals surface area contributed by atoms with Crippen LogP contribution in [0.2, 0.25) is 0 Å². The van der Waals surface area contributed by atoms with Crippen LogP contribution in [0, 0.1) is 33.8 Å². The third kappa shape index (κ3) is 7.42. The van der Waals surface area contributed by atoms with Gasteiger partial charge in [0.15, 0.2) is 0 Å². The van der Waals surface area contributed by atoms with Gasteiger partial charge < -0.3 is 37.2 Å². The Bertz CT molecular complexity index is 796. The monoisotopic (exact) mass is 498 g/mol. The maximum Gasteiger partial charge on any atom is 4.00 e. The van der Waals surface area contributed by atoms with E-state index in [4.69, 9.17) is 0 Å². The number of aryl methyl sites for hydroxylation is 4. The van der Waals surface area contributed by atoms with E-state index in [1.165, 1.54) is 33.4 Å². The van der Waals surface area contributed by atoms with Gasteiger partial charge >= 0.3 is 21.7 Å². The molecule has 1 aliphatic carbocycles. The molecule has 0 amide bonds. The molecule has 0 N–H and O–H groups in total. The number of hydrogen-bond acceptors (Lipinski definition) is 0. The van der Waals surface area contributed by atoms with E-state index in [0.717, 1.165) is 12.8 Å². The summed E-state index contributed by atoms with van der Waals surface area (Å²) in [7, 11) is -1.43. The number of halogens is 3. The third-order valence-electron chi connectivity index (χ3n) is 5.06. The molecule has 154 valence electrons. The Balaban J connectivity index is 0. The quantitative estimate of drug-likeness (QED) is 0.295. The average molecular weight is 500 g/mol. The Labute approximate surface area is 212 Å². The van der Waals surface area contributed by atoms with Gasteiger partial charge in [0.25, 0.3) is 0 Å². The van der Waals surface area contributed by atoms with E-state index in [1.54, 1.807) is 15.6 Å². The van der Waals surface area contributed by atoms with Crippen LogP contribution in [0.3, 0.4) is 0 Å². The zero-order valence-corrected chi connectivity index (χ0v) is 23.1. The molecule has 0 unspecified atom stereocenters. The van der Waals surface area contributed by atoms with Gasteiger partial charge in [-0.15, -0.1) is 0 Å². The fraction of sp³-hybridized carbons (Fsp3) is 0.333. The summed E-state index contributed by atoms with van der Waals surface area (Å²) in [5.74, 6) is 0. The minimum absolute atomic E-state index is 0. The number of allylic oxidation sites excluding steroid dienone is 4. The normalized spacial score (nSPS) is 12.4. The zero-order valence-electron chi connectivity index (χ0n) is 18.1. The minimum atomic E-state index is -1.43. The smallest absolute Gasteiger partial charge is 1.00 e. The van der Waals surface area contributed by atoms with E-state index in [1.807, 2.05) is 0 Å². The predicted octanol–water partition coefficient (Wildman–Crippen LogP) is -4.33. The third-order valence-corrected chi connectivity index (χ3v) is 8.31. The Morgan fingerprint density at radius 1 is 0.724 bits per heavy atom. The van der Waals surface area contributed by atoms with E-state index < -0.39 is 8.80 Å². The van der Waals surface area contributed by atoms with Crippen molar-refractivity contribution in [1.82, 2.24) is 0 Å². The Morgan fingerprint density at radius 3 is 1.45 bits per heavy atom. The topological polar surface area (TPSA) is 0 Å². The van der Waals surface area contributed by atoms with Gasteiger partial charge in [-0.05, 0) is 27.7 Å². The average Bonchev–Trinajstić information content (AvgIpc) is 2.86. The van der Waals surface area contributed by atoms with Crippen molar-refractivity contribution in [2.45, 2.75) is 54.4 Å². The van der Waals surface area contributed by atoms with E-state index in [9.17, 15) is 0 Å². The van der Waals surface area contributed by atoms with Crippen LogP contribution < -0.4 is 47.6 Å². The van der Waals surface area contributed by atoms with Gasteiger partial charge in [0.05, 0.1) is 0 Å². The maximum absolute atomic E-state index is 3.66. The molecule has 2 aromatic rings. The van der Waals surface area contributed by atoms with Gasteiger partial charge in [0, 0.05) is 8.80 Å². The van der Waals surface area contributed by atoms with Crippen molar-refractivity contribution in [3.05, 3.63) is 81.1 Å². The van der Waals surface area contributed by atoms with Gasteiger partial charge in [-0.25, -0.2) is 16.8 Å².